The van der Waals surface area contributed by atoms with Gasteiger partial charge < -0.3 is 19.5 Å². The zero-order chi connectivity index (χ0) is 22.4. The molecule has 1 heterocycles. The lowest BCUT2D eigenvalue weighted by molar-refractivity contribution is -0.115. The lowest BCUT2D eigenvalue weighted by Gasteiger charge is -2.14. The van der Waals surface area contributed by atoms with Crippen LogP contribution in [0.1, 0.15) is 17.0 Å². The molecule has 8 heteroatoms. The summed E-state index contributed by atoms with van der Waals surface area (Å²) < 4.78 is 16.0. The predicted octanol–water partition coefficient (Wildman–Crippen LogP) is 4.45. The minimum atomic E-state index is -0.146. The van der Waals surface area contributed by atoms with Crippen molar-refractivity contribution in [2.24, 2.45) is 0 Å². The van der Waals surface area contributed by atoms with Gasteiger partial charge in [-0.05, 0) is 73.6 Å². The maximum Gasteiger partial charge on any atom is 0.228 e. The monoisotopic (exact) mass is 439 g/mol. The van der Waals surface area contributed by atoms with Gasteiger partial charge in [0.2, 0.25) is 11.7 Å². The molecular weight excluding hydrogens is 414 g/mol. The van der Waals surface area contributed by atoms with Crippen molar-refractivity contribution in [2.75, 3.05) is 26.6 Å². The highest BCUT2D eigenvalue weighted by Gasteiger charge is 2.15. The van der Waals surface area contributed by atoms with E-state index in [0.29, 0.717) is 28.1 Å². The first-order valence-electron chi connectivity index (χ1n) is 9.60. The first kappa shape index (κ1) is 22.4. The van der Waals surface area contributed by atoms with Gasteiger partial charge >= 0.3 is 0 Å². The quantitative estimate of drug-likeness (QED) is 0.519. The Morgan fingerprint density at radius 1 is 0.903 bits per heavy atom. The van der Waals surface area contributed by atoms with E-state index in [9.17, 15) is 4.79 Å². The number of methoxy groups -OCH3 is 3. The van der Waals surface area contributed by atoms with Crippen molar-refractivity contribution in [1.82, 2.24) is 9.97 Å². The highest BCUT2D eigenvalue weighted by Crippen LogP contribution is 2.38. The molecule has 0 fully saturated rings. The van der Waals surface area contributed by atoms with Gasteiger partial charge in [-0.15, -0.1) is 0 Å². The number of aryl methyl sites for hydroxylation is 2. The highest BCUT2D eigenvalue weighted by molar-refractivity contribution is 7.99. The number of ether oxygens (including phenoxy) is 3. The zero-order valence-electron chi connectivity index (χ0n) is 18.2. The summed E-state index contributed by atoms with van der Waals surface area (Å²) in [4.78, 5) is 22.4. The summed E-state index contributed by atoms with van der Waals surface area (Å²) in [6.45, 7) is 3.90. The number of nitrogens with zero attached hydrogens (tertiary/aromatic N) is 2. The van der Waals surface area contributed by atoms with Crippen LogP contribution in [0.2, 0.25) is 0 Å². The fraction of sp³-hybridized carbons (Fsp3) is 0.261. The van der Waals surface area contributed by atoms with Gasteiger partial charge in [-0.25, -0.2) is 9.97 Å². The van der Waals surface area contributed by atoms with Gasteiger partial charge in [0.1, 0.15) is 0 Å². The topological polar surface area (TPSA) is 82.6 Å². The summed E-state index contributed by atoms with van der Waals surface area (Å²) in [5, 5.41) is 3.62. The molecule has 0 spiro atoms. The molecule has 0 aliphatic carbocycles. The SMILES string of the molecule is COc1cc(CC(=O)Nc2ccc(Sc3nc(C)cc(C)n3)cc2)cc(OC)c1OC. The molecule has 0 unspecified atom stereocenters. The van der Waals surface area contributed by atoms with Crippen LogP contribution in [0.25, 0.3) is 0 Å². The van der Waals surface area contributed by atoms with Gasteiger partial charge in [-0.2, -0.15) is 0 Å². The Labute approximate surface area is 186 Å². The Bertz CT molecular complexity index is 1030. The fourth-order valence-corrected chi connectivity index (χ4v) is 3.94. The number of benzene rings is 2. The van der Waals surface area contributed by atoms with E-state index >= 15 is 0 Å². The number of carbonyl (C=O) groups is 1. The second-order valence-electron chi connectivity index (χ2n) is 6.82. The minimum absolute atomic E-state index is 0.146. The maximum absolute atomic E-state index is 12.5. The van der Waals surface area contributed by atoms with Gasteiger partial charge in [0.05, 0.1) is 27.8 Å². The molecule has 31 heavy (non-hydrogen) atoms. The number of rotatable bonds is 8. The van der Waals surface area contributed by atoms with Gasteiger partial charge in [0.15, 0.2) is 16.7 Å². The molecule has 1 aromatic heterocycles. The van der Waals surface area contributed by atoms with Crippen LogP contribution < -0.4 is 19.5 Å². The number of anilines is 1. The van der Waals surface area contributed by atoms with Crippen LogP contribution in [0.5, 0.6) is 17.2 Å². The molecule has 3 aromatic rings. The number of hydrogen-bond acceptors (Lipinski definition) is 7. The Morgan fingerprint density at radius 2 is 1.48 bits per heavy atom. The van der Waals surface area contributed by atoms with E-state index in [0.717, 1.165) is 21.8 Å². The first-order chi connectivity index (χ1) is 14.9. The van der Waals surface area contributed by atoms with Crippen LogP contribution in [0.15, 0.2) is 52.5 Å². The zero-order valence-corrected chi connectivity index (χ0v) is 19.0. The Kier molecular flexibility index (Phi) is 7.36. The van der Waals surface area contributed by atoms with Crippen molar-refractivity contribution >= 4 is 23.4 Å². The fourth-order valence-electron chi connectivity index (χ4n) is 3.08. The van der Waals surface area contributed by atoms with Gasteiger partial charge in [0.25, 0.3) is 0 Å². The van der Waals surface area contributed by atoms with Crippen LogP contribution in [0.3, 0.4) is 0 Å². The molecule has 2 aromatic carbocycles. The summed E-state index contributed by atoms with van der Waals surface area (Å²) in [5.41, 5.74) is 3.34. The number of hydrogen-bond donors (Lipinski definition) is 1. The molecule has 162 valence electrons. The van der Waals surface area contributed by atoms with Crippen LogP contribution in [0, 0.1) is 13.8 Å². The predicted molar refractivity (Wildman–Crippen MR) is 121 cm³/mol. The van der Waals surface area contributed by atoms with E-state index in [1.807, 2.05) is 44.2 Å². The second-order valence-corrected chi connectivity index (χ2v) is 7.86. The van der Waals surface area contributed by atoms with Crippen molar-refractivity contribution in [1.29, 1.82) is 0 Å². The lowest BCUT2D eigenvalue weighted by atomic mass is 10.1. The molecule has 7 nitrogen and oxygen atoms in total. The van der Waals surface area contributed by atoms with Gasteiger partial charge in [-0.3, -0.25) is 4.79 Å². The van der Waals surface area contributed by atoms with E-state index < -0.39 is 0 Å². The van der Waals surface area contributed by atoms with Crippen LogP contribution in [-0.4, -0.2) is 37.2 Å². The number of amides is 1. The average Bonchev–Trinajstić information content (AvgIpc) is 2.73. The normalized spacial score (nSPS) is 10.5. The third-order valence-electron chi connectivity index (χ3n) is 4.40. The minimum Gasteiger partial charge on any atom is -0.493 e. The Balaban J connectivity index is 1.66. The van der Waals surface area contributed by atoms with E-state index in [1.165, 1.54) is 11.8 Å². The smallest absolute Gasteiger partial charge is 0.228 e. The van der Waals surface area contributed by atoms with E-state index in [-0.39, 0.29) is 12.3 Å². The standard InChI is InChI=1S/C23H25N3O4S/c1-14-10-15(2)25-23(24-14)31-18-8-6-17(7-9-18)26-21(27)13-16-11-19(28-3)22(30-5)20(12-16)29-4/h6-12H,13H2,1-5H3,(H,26,27). The van der Waals surface area contributed by atoms with Crippen molar-refractivity contribution < 1.29 is 19.0 Å². The summed E-state index contributed by atoms with van der Waals surface area (Å²) >= 11 is 1.48. The van der Waals surface area contributed by atoms with Crippen molar-refractivity contribution in [3.05, 3.63) is 59.4 Å². The summed E-state index contributed by atoms with van der Waals surface area (Å²) in [5.74, 6) is 1.38. The van der Waals surface area contributed by atoms with Crippen LogP contribution in [-0.2, 0) is 11.2 Å². The third kappa shape index (κ3) is 5.88. The van der Waals surface area contributed by atoms with Crippen LogP contribution in [0.4, 0.5) is 5.69 Å². The van der Waals surface area contributed by atoms with Crippen LogP contribution >= 0.6 is 11.8 Å². The molecular formula is C23H25N3O4S. The van der Waals surface area contributed by atoms with E-state index in [1.54, 1.807) is 33.5 Å². The summed E-state index contributed by atoms with van der Waals surface area (Å²) in [7, 11) is 4.63. The molecule has 1 amide bonds. The number of aromatic nitrogens is 2. The van der Waals surface area contributed by atoms with Crippen molar-refractivity contribution in [3.8, 4) is 17.2 Å². The molecule has 0 saturated carbocycles. The highest BCUT2D eigenvalue weighted by atomic mass is 32.2. The molecule has 1 N–H and O–H groups in total. The Morgan fingerprint density at radius 3 is 2.00 bits per heavy atom. The molecule has 0 radical (unpaired) electrons. The molecule has 0 saturated heterocycles. The van der Waals surface area contributed by atoms with E-state index in [2.05, 4.69) is 15.3 Å². The molecule has 0 aliphatic rings. The summed E-state index contributed by atoms with van der Waals surface area (Å²) in [6.07, 6.45) is 0.170. The third-order valence-corrected chi connectivity index (χ3v) is 5.27. The molecule has 3 rings (SSSR count). The van der Waals surface area contributed by atoms with Gasteiger partial charge in [0, 0.05) is 22.0 Å². The second kappa shape index (κ2) is 10.2. The van der Waals surface area contributed by atoms with Gasteiger partial charge in [-0.1, -0.05) is 0 Å². The van der Waals surface area contributed by atoms with Crippen molar-refractivity contribution in [3.63, 3.8) is 0 Å². The largest absolute Gasteiger partial charge is 0.493 e. The lowest BCUT2D eigenvalue weighted by Crippen LogP contribution is -2.14. The molecule has 0 aliphatic heterocycles. The molecule has 0 atom stereocenters. The number of carbonyl (C=O) groups excluding carboxylic acids is 1. The summed E-state index contributed by atoms with van der Waals surface area (Å²) in [6, 6.07) is 13.1. The maximum atomic E-state index is 12.5. The van der Waals surface area contributed by atoms with Crippen molar-refractivity contribution in [2.45, 2.75) is 30.3 Å². The van der Waals surface area contributed by atoms with E-state index in [4.69, 9.17) is 14.2 Å². The first-order valence-corrected chi connectivity index (χ1v) is 10.4. The molecule has 0 bridgehead atoms. The Hall–Kier alpha value is -3.26. The average molecular weight is 440 g/mol. The number of nitrogens with one attached hydrogen (secondary N) is 1.